The van der Waals surface area contributed by atoms with E-state index in [0.717, 1.165) is 0 Å². The summed E-state index contributed by atoms with van der Waals surface area (Å²) < 4.78 is 26.4. The predicted molar refractivity (Wildman–Crippen MR) is 84.3 cm³/mol. The van der Waals surface area contributed by atoms with Crippen molar-refractivity contribution in [3.8, 4) is 0 Å². The molecule has 2 heterocycles. The Bertz CT molecular complexity index is 759. The minimum atomic E-state index is -3.55. The molecule has 0 unspecified atom stereocenters. The number of rotatable bonds is 3. The van der Waals surface area contributed by atoms with Gasteiger partial charge in [-0.15, -0.1) is 0 Å². The maximum Gasteiger partial charge on any atom is 0.253 e. The van der Waals surface area contributed by atoms with E-state index in [1.807, 2.05) is 18.2 Å². The zero-order valence-corrected chi connectivity index (χ0v) is 13.4. The average molecular weight is 334 g/mol. The summed E-state index contributed by atoms with van der Waals surface area (Å²) in [4.78, 5) is 14.3. The molecule has 1 saturated heterocycles. The minimum absolute atomic E-state index is 0.0619. The van der Waals surface area contributed by atoms with Crippen LogP contribution in [-0.4, -0.2) is 59.9 Å². The van der Waals surface area contributed by atoms with Crippen molar-refractivity contribution < 1.29 is 13.2 Å². The Morgan fingerprint density at radius 1 is 1.09 bits per heavy atom. The van der Waals surface area contributed by atoms with Crippen LogP contribution in [0.5, 0.6) is 0 Å². The summed E-state index contributed by atoms with van der Waals surface area (Å²) in [6.07, 6.45) is 3.27. The van der Waals surface area contributed by atoms with E-state index in [0.29, 0.717) is 31.6 Å². The van der Waals surface area contributed by atoms with Gasteiger partial charge in [0.25, 0.3) is 5.91 Å². The average Bonchev–Trinajstić information content (AvgIpc) is 3.00. The molecular formula is C15H18N4O3S. The number of carbonyl (C=O) groups excluding carboxylic acids is 1. The van der Waals surface area contributed by atoms with E-state index in [9.17, 15) is 13.2 Å². The highest BCUT2D eigenvalue weighted by molar-refractivity contribution is 7.89. The zero-order chi connectivity index (χ0) is 16.3. The van der Waals surface area contributed by atoms with E-state index in [2.05, 4.69) is 10.2 Å². The van der Waals surface area contributed by atoms with Crippen LogP contribution in [0.1, 0.15) is 16.8 Å². The van der Waals surface area contributed by atoms with E-state index >= 15 is 0 Å². The van der Waals surface area contributed by atoms with Crippen LogP contribution in [-0.2, 0) is 10.0 Å². The van der Waals surface area contributed by atoms with Crippen molar-refractivity contribution >= 4 is 15.9 Å². The van der Waals surface area contributed by atoms with Gasteiger partial charge in [-0.3, -0.25) is 9.89 Å². The fourth-order valence-electron chi connectivity index (χ4n) is 2.63. The molecule has 1 aliphatic heterocycles. The van der Waals surface area contributed by atoms with Gasteiger partial charge in [-0.05, 0) is 18.6 Å². The normalized spacial score (nSPS) is 17.0. The largest absolute Gasteiger partial charge is 0.337 e. The molecule has 8 heteroatoms. The van der Waals surface area contributed by atoms with Gasteiger partial charge in [-0.25, -0.2) is 8.42 Å². The smallest absolute Gasteiger partial charge is 0.253 e. The fourth-order valence-corrected chi connectivity index (χ4v) is 4.01. The van der Waals surface area contributed by atoms with Gasteiger partial charge in [0.15, 0.2) is 0 Å². The Labute approximate surface area is 135 Å². The number of nitrogens with zero attached hydrogens (tertiary/aromatic N) is 3. The number of hydrogen-bond donors (Lipinski definition) is 1. The number of benzene rings is 1. The van der Waals surface area contributed by atoms with Gasteiger partial charge >= 0.3 is 0 Å². The predicted octanol–water partition coefficient (Wildman–Crippen LogP) is 0.947. The molecule has 122 valence electrons. The SMILES string of the molecule is O=C(c1ccccc1)N1CCCN(S(=O)(=O)c2cn[nH]c2)CC1. The Balaban J connectivity index is 1.72. The van der Waals surface area contributed by atoms with Gasteiger partial charge in [-0.2, -0.15) is 9.40 Å². The van der Waals surface area contributed by atoms with Crippen LogP contribution in [0.15, 0.2) is 47.6 Å². The molecule has 23 heavy (non-hydrogen) atoms. The van der Waals surface area contributed by atoms with Crippen LogP contribution in [0.2, 0.25) is 0 Å². The van der Waals surface area contributed by atoms with Crippen LogP contribution < -0.4 is 0 Å². The van der Waals surface area contributed by atoms with E-state index in [-0.39, 0.29) is 17.3 Å². The van der Waals surface area contributed by atoms with Crippen molar-refractivity contribution in [2.45, 2.75) is 11.3 Å². The van der Waals surface area contributed by atoms with Gasteiger partial charge in [0.2, 0.25) is 10.0 Å². The molecule has 2 aromatic rings. The number of aromatic amines is 1. The third-order valence-electron chi connectivity index (χ3n) is 3.87. The van der Waals surface area contributed by atoms with Crippen molar-refractivity contribution in [2.24, 2.45) is 0 Å². The summed E-state index contributed by atoms with van der Waals surface area (Å²) in [5, 5.41) is 6.21. The van der Waals surface area contributed by atoms with E-state index in [1.54, 1.807) is 17.0 Å². The lowest BCUT2D eigenvalue weighted by Gasteiger charge is -2.21. The first kappa shape index (κ1) is 15.7. The third-order valence-corrected chi connectivity index (χ3v) is 5.74. The second-order valence-corrected chi connectivity index (χ2v) is 7.29. The molecule has 0 spiro atoms. The highest BCUT2D eigenvalue weighted by atomic mass is 32.2. The van der Waals surface area contributed by atoms with Gasteiger partial charge in [-0.1, -0.05) is 18.2 Å². The van der Waals surface area contributed by atoms with E-state index < -0.39 is 10.0 Å². The highest BCUT2D eigenvalue weighted by Crippen LogP contribution is 2.17. The first-order valence-corrected chi connectivity index (χ1v) is 8.86. The molecular weight excluding hydrogens is 316 g/mol. The third kappa shape index (κ3) is 3.27. The Kier molecular flexibility index (Phi) is 4.44. The maximum atomic E-state index is 12.5. The number of carbonyl (C=O) groups is 1. The summed E-state index contributed by atoms with van der Waals surface area (Å²) in [6.45, 7) is 1.61. The topological polar surface area (TPSA) is 86.4 Å². The lowest BCUT2D eigenvalue weighted by Crippen LogP contribution is -2.37. The number of H-pyrrole nitrogens is 1. The lowest BCUT2D eigenvalue weighted by molar-refractivity contribution is 0.0764. The van der Waals surface area contributed by atoms with E-state index in [4.69, 9.17) is 0 Å². The molecule has 1 aromatic carbocycles. The quantitative estimate of drug-likeness (QED) is 0.905. The van der Waals surface area contributed by atoms with E-state index in [1.165, 1.54) is 16.7 Å². The number of nitrogens with one attached hydrogen (secondary N) is 1. The molecule has 0 radical (unpaired) electrons. The molecule has 1 amide bonds. The second kappa shape index (κ2) is 6.51. The van der Waals surface area contributed by atoms with Gasteiger partial charge in [0.05, 0.1) is 6.20 Å². The van der Waals surface area contributed by atoms with Crippen molar-refractivity contribution in [1.82, 2.24) is 19.4 Å². The molecule has 1 aliphatic rings. The Hall–Kier alpha value is -2.19. The molecule has 0 bridgehead atoms. The molecule has 7 nitrogen and oxygen atoms in total. The molecule has 1 aromatic heterocycles. The van der Waals surface area contributed by atoms with Crippen LogP contribution in [0.25, 0.3) is 0 Å². The highest BCUT2D eigenvalue weighted by Gasteiger charge is 2.29. The van der Waals surface area contributed by atoms with Crippen LogP contribution >= 0.6 is 0 Å². The maximum absolute atomic E-state index is 12.5. The van der Waals surface area contributed by atoms with Crippen molar-refractivity contribution in [1.29, 1.82) is 0 Å². The summed E-state index contributed by atoms with van der Waals surface area (Å²) in [7, 11) is -3.55. The summed E-state index contributed by atoms with van der Waals surface area (Å²) in [5.41, 5.74) is 0.624. The summed E-state index contributed by atoms with van der Waals surface area (Å²) in [6, 6.07) is 9.04. The van der Waals surface area contributed by atoms with Crippen molar-refractivity contribution in [3.05, 3.63) is 48.3 Å². The van der Waals surface area contributed by atoms with Gasteiger partial charge in [0.1, 0.15) is 4.90 Å². The monoisotopic (exact) mass is 334 g/mol. The van der Waals surface area contributed by atoms with Crippen molar-refractivity contribution in [3.63, 3.8) is 0 Å². The van der Waals surface area contributed by atoms with Crippen LogP contribution in [0.4, 0.5) is 0 Å². The fraction of sp³-hybridized carbons (Fsp3) is 0.333. The number of amides is 1. The molecule has 0 atom stereocenters. The lowest BCUT2D eigenvalue weighted by atomic mass is 10.2. The summed E-state index contributed by atoms with van der Waals surface area (Å²) in [5.74, 6) is -0.0619. The van der Waals surface area contributed by atoms with Gasteiger partial charge < -0.3 is 4.90 Å². The number of hydrogen-bond acceptors (Lipinski definition) is 4. The first-order valence-electron chi connectivity index (χ1n) is 7.42. The molecule has 1 N–H and O–H groups in total. The Morgan fingerprint density at radius 3 is 2.57 bits per heavy atom. The van der Waals surface area contributed by atoms with Gasteiger partial charge in [0, 0.05) is 37.9 Å². The molecule has 0 aliphatic carbocycles. The first-order chi connectivity index (χ1) is 11.1. The van der Waals surface area contributed by atoms with Crippen LogP contribution in [0.3, 0.4) is 0 Å². The summed E-state index contributed by atoms with van der Waals surface area (Å²) >= 11 is 0. The Morgan fingerprint density at radius 2 is 1.87 bits per heavy atom. The minimum Gasteiger partial charge on any atom is -0.337 e. The number of sulfonamides is 1. The van der Waals surface area contributed by atoms with Crippen molar-refractivity contribution in [2.75, 3.05) is 26.2 Å². The number of aromatic nitrogens is 2. The second-order valence-electron chi connectivity index (χ2n) is 5.35. The molecule has 1 fully saturated rings. The zero-order valence-electron chi connectivity index (χ0n) is 12.6. The standard InChI is InChI=1S/C15H18N4O3S/c20-15(13-5-2-1-3-6-13)18-7-4-8-19(10-9-18)23(21,22)14-11-16-17-12-14/h1-3,5-6,11-12H,4,7-10H2,(H,16,17). The van der Waals surface area contributed by atoms with Crippen LogP contribution in [0, 0.1) is 0 Å². The molecule has 0 saturated carbocycles. The molecule has 3 rings (SSSR count).